The highest BCUT2D eigenvalue weighted by Gasteiger charge is 2.09. The maximum Gasteiger partial charge on any atom is 0.0991 e. The lowest BCUT2D eigenvalue weighted by atomic mass is 10.1. The summed E-state index contributed by atoms with van der Waals surface area (Å²) in [5.74, 6) is 0. The fourth-order valence-electron chi connectivity index (χ4n) is 2.79. The normalized spacial score (nSPS) is 10.8. The number of imidazole rings is 1. The molecule has 0 amide bonds. The zero-order valence-electron chi connectivity index (χ0n) is 12.7. The van der Waals surface area contributed by atoms with E-state index in [0.717, 1.165) is 32.3 Å². The number of aromatic amines is 1. The van der Waals surface area contributed by atoms with Crippen molar-refractivity contribution in [2.75, 3.05) is 0 Å². The van der Waals surface area contributed by atoms with Crippen molar-refractivity contribution in [2.24, 2.45) is 0 Å². The van der Waals surface area contributed by atoms with Gasteiger partial charge in [0.2, 0.25) is 0 Å². The summed E-state index contributed by atoms with van der Waals surface area (Å²) in [5, 5.41) is 10.1. The van der Waals surface area contributed by atoms with E-state index in [0.29, 0.717) is 12.1 Å². The molecule has 4 nitrogen and oxygen atoms in total. The number of nitrogens with zero attached hydrogens (tertiary/aromatic N) is 3. The van der Waals surface area contributed by atoms with Crippen molar-refractivity contribution in [2.45, 2.75) is 6.54 Å². The minimum Gasteiger partial charge on any atom is -0.353 e. The average molecular weight is 377 g/mol. The molecule has 2 aromatic heterocycles. The predicted molar refractivity (Wildman–Crippen MR) is 97.5 cm³/mol. The highest BCUT2D eigenvalue weighted by atomic mass is 79.9. The number of halogens is 1. The van der Waals surface area contributed by atoms with Crippen LogP contribution in [0.2, 0.25) is 0 Å². The van der Waals surface area contributed by atoms with E-state index in [2.05, 4.69) is 54.7 Å². The van der Waals surface area contributed by atoms with Gasteiger partial charge in [-0.25, -0.2) is 4.98 Å². The molecule has 4 aromatic rings. The molecule has 0 fully saturated rings. The number of hydrogen-bond donors (Lipinski definition) is 1. The quantitative estimate of drug-likeness (QED) is 0.562. The van der Waals surface area contributed by atoms with Gasteiger partial charge in [-0.2, -0.15) is 5.26 Å². The van der Waals surface area contributed by atoms with E-state index >= 15 is 0 Å². The van der Waals surface area contributed by atoms with E-state index in [1.807, 2.05) is 42.9 Å². The Bertz CT molecular complexity index is 1050. The second-order valence-electron chi connectivity index (χ2n) is 5.63. The minimum absolute atomic E-state index is 0.672. The van der Waals surface area contributed by atoms with E-state index in [-0.39, 0.29) is 0 Å². The Morgan fingerprint density at radius 1 is 1.12 bits per heavy atom. The van der Waals surface area contributed by atoms with Crippen LogP contribution in [0, 0.1) is 11.3 Å². The SMILES string of the molecule is N#Cc1ccc(Cn2cncc2-c2cc3cc(Br)ccc3[nH]2)cc1. The Morgan fingerprint density at radius 3 is 2.75 bits per heavy atom. The van der Waals surface area contributed by atoms with E-state index in [1.165, 1.54) is 0 Å². The van der Waals surface area contributed by atoms with Crippen LogP contribution in [0.3, 0.4) is 0 Å². The van der Waals surface area contributed by atoms with Gasteiger partial charge in [-0.05, 0) is 42.0 Å². The van der Waals surface area contributed by atoms with E-state index in [4.69, 9.17) is 5.26 Å². The molecule has 0 spiro atoms. The third kappa shape index (κ3) is 2.72. The molecule has 0 saturated carbocycles. The first kappa shape index (κ1) is 14.7. The molecule has 0 aliphatic rings. The topological polar surface area (TPSA) is 57.4 Å². The van der Waals surface area contributed by atoms with E-state index < -0.39 is 0 Å². The third-order valence-corrected chi connectivity index (χ3v) is 4.50. The van der Waals surface area contributed by atoms with Gasteiger partial charge >= 0.3 is 0 Å². The number of rotatable bonds is 3. The molecule has 0 atom stereocenters. The summed E-state index contributed by atoms with van der Waals surface area (Å²) in [7, 11) is 0. The lowest BCUT2D eigenvalue weighted by Crippen LogP contribution is -2.00. The Labute approximate surface area is 147 Å². The van der Waals surface area contributed by atoms with E-state index in [1.54, 1.807) is 0 Å². The molecule has 4 rings (SSSR count). The average Bonchev–Trinajstić information content (AvgIpc) is 3.21. The van der Waals surface area contributed by atoms with Gasteiger partial charge in [-0.15, -0.1) is 0 Å². The van der Waals surface area contributed by atoms with Gasteiger partial charge in [0.1, 0.15) is 0 Å². The summed E-state index contributed by atoms with van der Waals surface area (Å²) in [6.45, 7) is 0.708. The van der Waals surface area contributed by atoms with Crippen LogP contribution in [0.4, 0.5) is 0 Å². The van der Waals surface area contributed by atoms with Gasteiger partial charge in [0.05, 0.1) is 35.5 Å². The fraction of sp³-hybridized carbons (Fsp3) is 0.0526. The molecular weight excluding hydrogens is 364 g/mol. The zero-order valence-corrected chi connectivity index (χ0v) is 14.3. The highest BCUT2D eigenvalue weighted by molar-refractivity contribution is 9.10. The van der Waals surface area contributed by atoms with Gasteiger partial charge < -0.3 is 9.55 Å². The second kappa shape index (κ2) is 5.99. The predicted octanol–water partition coefficient (Wildman–Crippen LogP) is 4.71. The maximum atomic E-state index is 8.89. The molecule has 2 aromatic carbocycles. The van der Waals surface area contributed by atoms with Gasteiger partial charge in [0.25, 0.3) is 0 Å². The number of aromatic nitrogens is 3. The Hall–Kier alpha value is -2.84. The van der Waals surface area contributed by atoms with Crippen molar-refractivity contribution in [3.8, 4) is 17.5 Å². The maximum absolute atomic E-state index is 8.89. The van der Waals surface area contributed by atoms with Crippen LogP contribution in [-0.4, -0.2) is 14.5 Å². The first-order chi connectivity index (χ1) is 11.7. The van der Waals surface area contributed by atoms with Crippen LogP contribution in [0.1, 0.15) is 11.1 Å². The highest BCUT2D eigenvalue weighted by Crippen LogP contribution is 2.26. The molecule has 0 unspecified atom stereocenters. The minimum atomic E-state index is 0.672. The largest absolute Gasteiger partial charge is 0.353 e. The lowest BCUT2D eigenvalue weighted by Gasteiger charge is -2.07. The Morgan fingerprint density at radius 2 is 1.96 bits per heavy atom. The summed E-state index contributed by atoms with van der Waals surface area (Å²) in [5.41, 5.74) is 4.97. The summed E-state index contributed by atoms with van der Waals surface area (Å²) >= 11 is 3.51. The number of hydrogen-bond acceptors (Lipinski definition) is 2. The molecular formula is C19H13BrN4. The molecule has 24 heavy (non-hydrogen) atoms. The molecule has 0 radical (unpaired) electrons. The molecule has 2 heterocycles. The summed E-state index contributed by atoms with van der Waals surface area (Å²) in [6.07, 6.45) is 3.69. The van der Waals surface area contributed by atoms with Gasteiger partial charge in [0, 0.05) is 21.9 Å². The Balaban J connectivity index is 1.69. The van der Waals surface area contributed by atoms with Gasteiger partial charge in [0.15, 0.2) is 0 Å². The van der Waals surface area contributed by atoms with Crippen molar-refractivity contribution in [3.63, 3.8) is 0 Å². The van der Waals surface area contributed by atoms with Crippen LogP contribution < -0.4 is 0 Å². The van der Waals surface area contributed by atoms with Crippen LogP contribution in [0.15, 0.2) is 65.5 Å². The van der Waals surface area contributed by atoms with Crippen molar-refractivity contribution in [1.29, 1.82) is 5.26 Å². The van der Waals surface area contributed by atoms with Gasteiger partial charge in [-0.1, -0.05) is 28.1 Å². The lowest BCUT2D eigenvalue weighted by molar-refractivity contribution is 0.803. The first-order valence-corrected chi connectivity index (χ1v) is 8.30. The zero-order chi connectivity index (χ0) is 16.5. The fourth-order valence-corrected chi connectivity index (χ4v) is 3.17. The third-order valence-electron chi connectivity index (χ3n) is 4.01. The smallest absolute Gasteiger partial charge is 0.0991 e. The summed E-state index contributed by atoms with van der Waals surface area (Å²) < 4.78 is 3.16. The number of fused-ring (bicyclic) bond motifs is 1. The van der Waals surface area contributed by atoms with Gasteiger partial charge in [-0.3, -0.25) is 0 Å². The molecule has 116 valence electrons. The summed E-state index contributed by atoms with van der Waals surface area (Å²) in [6, 6.07) is 18.1. The molecule has 5 heteroatoms. The number of benzene rings is 2. The number of nitrogens with one attached hydrogen (secondary N) is 1. The van der Waals surface area contributed by atoms with Crippen LogP contribution in [0.5, 0.6) is 0 Å². The molecule has 1 N–H and O–H groups in total. The summed E-state index contributed by atoms with van der Waals surface area (Å²) in [4.78, 5) is 7.74. The van der Waals surface area contributed by atoms with Crippen molar-refractivity contribution < 1.29 is 0 Å². The molecule has 0 bridgehead atoms. The van der Waals surface area contributed by atoms with Crippen LogP contribution in [-0.2, 0) is 6.54 Å². The number of H-pyrrole nitrogens is 1. The standard InChI is InChI=1S/C19H13BrN4/c20-16-5-6-17-15(7-16)8-18(23-17)19-10-22-12-24(19)11-14-3-1-13(9-21)2-4-14/h1-8,10,12,23H,11H2. The van der Waals surface area contributed by atoms with Crippen molar-refractivity contribution in [3.05, 3.63) is 76.7 Å². The Kier molecular flexibility index (Phi) is 3.68. The monoisotopic (exact) mass is 376 g/mol. The van der Waals surface area contributed by atoms with Crippen molar-refractivity contribution >= 4 is 26.8 Å². The molecule has 0 aliphatic carbocycles. The molecule has 0 saturated heterocycles. The second-order valence-corrected chi connectivity index (χ2v) is 6.55. The number of nitriles is 1. The van der Waals surface area contributed by atoms with E-state index in [9.17, 15) is 0 Å². The van der Waals surface area contributed by atoms with Crippen LogP contribution >= 0.6 is 15.9 Å². The molecule has 0 aliphatic heterocycles. The first-order valence-electron chi connectivity index (χ1n) is 7.51. The van der Waals surface area contributed by atoms with Crippen LogP contribution in [0.25, 0.3) is 22.3 Å². The van der Waals surface area contributed by atoms with Crippen molar-refractivity contribution in [1.82, 2.24) is 14.5 Å².